The molecule has 22 heavy (non-hydrogen) atoms. The van der Waals surface area contributed by atoms with E-state index in [1.165, 1.54) is 18.7 Å². The Hall–Kier alpha value is -2.89. The van der Waals surface area contributed by atoms with Gasteiger partial charge in [0, 0.05) is 11.6 Å². The summed E-state index contributed by atoms with van der Waals surface area (Å²) >= 11 is 0. The molecule has 0 aliphatic heterocycles. The highest BCUT2D eigenvalue weighted by atomic mass is 16.6. The highest BCUT2D eigenvalue weighted by molar-refractivity contribution is 5.81. The molecule has 1 N–H and O–H groups in total. The van der Waals surface area contributed by atoms with Crippen LogP contribution in [-0.2, 0) is 0 Å². The predicted molar refractivity (Wildman–Crippen MR) is 84.2 cm³/mol. The SMILES string of the molecule is COc1ccc(-c2nc3cc(C)c(C)cc3[nH]2)cc1[N+](=O)[O-]. The number of methoxy groups -OCH3 is 1. The van der Waals surface area contributed by atoms with E-state index in [0.717, 1.165) is 16.6 Å². The average Bonchev–Trinajstić information content (AvgIpc) is 2.89. The van der Waals surface area contributed by atoms with Gasteiger partial charge in [-0.05, 0) is 49.2 Å². The van der Waals surface area contributed by atoms with Gasteiger partial charge in [-0.3, -0.25) is 10.1 Å². The minimum Gasteiger partial charge on any atom is -0.490 e. The fourth-order valence-electron chi connectivity index (χ4n) is 2.39. The van der Waals surface area contributed by atoms with Gasteiger partial charge in [-0.2, -0.15) is 0 Å². The number of nitro groups is 1. The number of rotatable bonds is 3. The number of ether oxygens (including phenoxy) is 1. The highest BCUT2D eigenvalue weighted by Crippen LogP contribution is 2.32. The molecular formula is C16H15N3O3. The number of nitrogens with one attached hydrogen (secondary N) is 1. The molecule has 0 radical (unpaired) electrons. The van der Waals surface area contributed by atoms with Crippen LogP contribution in [0.5, 0.6) is 5.75 Å². The second-order valence-corrected chi connectivity index (χ2v) is 5.18. The fraction of sp³-hybridized carbons (Fsp3) is 0.188. The van der Waals surface area contributed by atoms with Crippen molar-refractivity contribution in [2.24, 2.45) is 0 Å². The van der Waals surface area contributed by atoms with Gasteiger partial charge >= 0.3 is 5.69 Å². The summed E-state index contributed by atoms with van der Waals surface area (Å²) in [5.41, 5.74) is 4.66. The Kier molecular flexibility index (Phi) is 3.29. The Morgan fingerprint density at radius 3 is 2.59 bits per heavy atom. The molecule has 6 nitrogen and oxygen atoms in total. The van der Waals surface area contributed by atoms with E-state index in [2.05, 4.69) is 9.97 Å². The number of fused-ring (bicyclic) bond motifs is 1. The number of nitro benzene ring substituents is 1. The van der Waals surface area contributed by atoms with Crippen LogP contribution in [0.1, 0.15) is 11.1 Å². The van der Waals surface area contributed by atoms with Crippen molar-refractivity contribution in [2.75, 3.05) is 7.11 Å². The first-order valence-electron chi connectivity index (χ1n) is 6.79. The number of nitrogens with zero attached hydrogens (tertiary/aromatic N) is 2. The highest BCUT2D eigenvalue weighted by Gasteiger charge is 2.17. The molecule has 1 aromatic heterocycles. The summed E-state index contributed by atoms with van der Waals surface area (Å²) in [6.45, 7) is 4.06. The number of H-pyrrole nitrogens is 1. The quantitative estimate of drug-likeness (QED) is 0.589. The molecule has 0 saturated carbocycles. The van der Waals surface area contributed by atoms with Crippen LogP contribution in [0.3, 0.4) is 0 Å². The van der Waals surface area contributed by atoms with E-state index in [0.29, 0.717) is 11.4 Å². The van der Waals surface area contributed by atoms with Gasteiger partial charge in [-0.1, -0.05) is 0 Å². The first-order valence-corrected chi connectivity index (χ1v) is 6.79. The van der Waals surface area contributed by atoms with Gasteiger partial charge in [0.05, 0.1) is 23.1 Å². The Morgan fingerprint density at radius 2 is 1.91 bits per heavy atom. The van der Waals surface area contributed by atoms with E-state index in [1.54, 1.807) is 12.1 Å². The summed E-state index contributed by atoms with van der Waals surface area (Å²) < 4.78 is 5.02. The Labute approximate surface area is 126 Å². The number of aromatic nitrogens is 2. The van der Waals surface area contributed by atoms with E-state index in [9.17, 15) is 10.1 Å². The van der Waals surface area contributed by atoms with Gasteiger partial charge in [0.2, 0.25) is 0 Å². The van der Waals surface area contributed by atoms with Gasteiger partial charge in [-0.15, -0.1) is 0 Å². The molecule has 2 aromatic carbocycles. The fourth-order valence-corrected chi connectivity index (χ4v) is 2.39. The van der Waals surface area contributed by atoms with Crippen molar-refractivity contribution in [3.8, 4) is 17.1 Å². The lowest BCUT2D eigenvalue weighted by Crippen LogP contribution is -1.94. The topological polar surface area (TPSA) is 81.0 Å². The number of imidazole rings is 1. The third kappa shape index (κ3) is 2.28. The molecule has 0 fully saturated rings. The van der Waals surface area contributed by atoms with Crippen molar-refractivity contribution < 1.29 is 9.66 Å². The maximum absolute atomic E-state index is 11.1. The average molecular weight is 297 g/mol. The van der Waals surface area contributed by atoms with E-state index >= 15 is 0 Å². The molecular weight excluding hydrogens is 282 g/mol. The number of aryl methyl sites for hydroxylation is 2. The molecule has 0 saturated heterocycles. The third-order valence-corrected chi connectivity index (χ3v) is 3.75. The van der Waals surface area contributed by atoms with Crippen LogP contribution >= 0.6 is 0 Å². The first-order chi connectivity index (χ1) is 10.5. The molecule has 0 aliphatic rings. The summed E-state index contributed by atoms with van der Waals surface area (Å²) in [6, 6.07) is 8.83. The van der Waals surface area contributed by atoms with Crippen LogP contribution < -0.4 is 4.74 Å². The van der Waals surface area contributed by atoms with Crippen LogP contribution in [0.4, 0.5) is 5.69 Å². The maximum atomic E-state index is 11.1. The summed E-state index contributed by atoms with van der Waals surface area (Å²) in [7, 11) is 1.41. The van der Waals surface area contributed by atoms with Gasteiger partial charge < -0.3 is 9.72 Å². The summed E-state index contributed by atoms with van der Waals surface area (Å²) in [4.78, 5) is 18.4. The molecule has 112 valence electrons. The lowest BCUT2D eigenvalue weighted by molar-refractivity contribution is -0.385. The molecule has 0 spiro atoms. The van der Waals surface area contributed by atoms with E-state index < -0.39 is 4.92 Å². The molecule has 0 unspecified atom stereocenters. The zero-order chi connectivity index (χ0) is 15.9. The smallest absolute Gasteiger partial charge is 0.311 e. The van der Waals surface area contributed by atoms with Crippen LogP contribution in [0.25, 0.3) is 22.4 Å². The molecule has 3 aromatic rings. The summed E-state index contributed by atoms with van der Waals surface area (Å²) in [6.07, 6.45) is 0. The minimum atomic E-state index is -0.459. The molecule has 0 aliphatic carbocycles. The Bertz CT molecular complexity index is 845. The van der Waals surface area contributed by atoms with Gasteiger partial charge in [0.15, 0.2) is 5.75 Å². The molecule has 0 atom stereocenters. The minimum absolute atomic E-state index is 0.0761. The number of aromatic amines is 1. The van der Waals surface area contributed by atoms with Crippen LogP contribution in [-0.4, -0.2) is 22.0 Å². The standard InChI is InChI=1S/C16H15N3O3/c1-9-6-12-13(7-10(9)2)18-16(17-12)11-4-5-15(22-3)14(8-11)19(20)21/h4-8H,1-3H3,(H,17,18). The van der Waals surface area contributed by atoms with Gasteiger partial charge in [0.25, 0.3) is 0 Å². The van der Waals surface area contributed by atoms with Crippen molar-refractivity contribution in [3.05, 3.63) is 51.6 Å². The van der Waals surface area contributed by atoms with E-state index in [1.807, 2.05) is 26.0 Å². The lowest BCUT2D eigenvalue weighted by atomic mass is 10.1. The van der Waals surface area contributed by atoms with Crippen molar-refractivity contribution >= 4 is 16.7 Å². The number of benzene rings is 2. The summed E-state index contributed by atoms with van der Waals surface area (Å²) in [5.74, 6) is 0.835. The summed E-state index contributed by atoms with van der Waals surface area (Å²) in [5, 5.41) is 11.1. The number of hydrogen-bond acceptors (Lipinski definition) is 4. The molecule has 1 heterocycles. The first kappa shape index (κ1) is 14.1. The second-order valence-electron chi connectivity index (χ2n) is 5.18. The molecule has 0 bridgehead atoms. The normalized spacial score (nSPS) is 10.9. The van der Waals surface area contributed by atoms with Crippen molar-refractivity contribution in [3.63, 3.8) is 0 Å². The number of hydrogen-bond donors (Lipinski definition) is 1. The van der Waals surface area contributed by atoms with Crippen LogP contribution in [0.15, 0.2) is 30.3 Å². The third-order valence-electron chi connectivity index (χ3n) is 3.75. The molecule has 0 amide bonds. The lowest BCUT2D eigenvalue weighted by Gasteiger charge is -2.02. The predicted octanol–water partition coefficient (Wildman–Crippen LogP) is 3.76. The van der Waals surface area contributed by atoms with E-state index in [-0.39, 0.29) is 11.4 Å². The molecule has 6 heteroatoms. The zero-order valence-electron chi connectivity index (χ0n) is 12.5. The van der Waals surface area contributed by atoms with Gasteiger partial charge in [0.1, 0.15) is 5.82 Å². The van der Waals surface area contributed by atoms with Crippen molar-refractivity contribution in [1.29, 1.82) is 0 Å². The largest absolute Gasteiger partial charge is 0.490 e. The van der Waals surface area contributed by atoms with Crippen molar-refractivity contribution in [2.45, 2.75) is 13.8 Å². The Morgan fingerprint density at radius 1 is 1.18 bits per heavy atom. The molecule has 3 rings (SSSR count). The zero-order valence-corrected chi connectivity index (χ0v) is 12.5. The van der Waals surface area contributed by atoms with Crippen molar-refractivity contribution in [1.82, 2.24) is 9.97 Å². The second kappa shape index (κ2) is 5.14. The monoisotopic (exact) mass is 297 g/mol. The van der Waals surface area contributed by atoms with Crippen LogP contribution in [0, 0.1) is 24.0 Å². The Balaban J connectivity index is 2.15. The van der Waals surface area contributed by atoms with E-state index in [4.69, 9.17) is 4.74 Å². The van der Waals surface area contributed by atoms with Crippen LogP contribution in [0.2, 0.25) is 0 Å². The maximum Gasteiger partial charge on any atom is 0.311 e. The van der Waals surface area contributed by atoms with Gasteiger partial charge in [-0.25, -0.2) is 4.98 Å².